The normalized spacial score (nSPS) is 23.2. The zero-order valence-electron chi connectivity index (χ0n) is 43.5. The third-order valence-corrected chi connectivity index (χ3v) is 13.3. The van der Waals surface area contributed by atoms with Crippen LogP contribution >= 0.6 is 0 Å². The molecular weight excluding hydrogens is 973 g/mol. The van der Waals surface area contributed by atoms with E-state index in [2.05, 4.69) is 0 Å². The predicted octanol–water partition coefficient (Wildman–Crippen LogP) is 11.3. The molecule has 2 fully saturated rings. The minimum atomic E-state index is -1.82. The molecule has 0 unspecified atom stereocenters. The Kier molecular flexibility index (Phi) is 20.9. The van der Waals surface area contributed by atoms with Crippen LogP contribution in [-0.4, -0.2) is 80.6 Å². The fourth-order valence-corrected chi connectivity index (χ4v) is 9.43. The fraction of sp³-hybridized carbons (Fsp3) is 0.308. The fourth-order valence-electron chi connectivity index (χ4n) is 9.43. The van der Waals surface area contributed by atoms with E-state index in [9.17, 15) is 4.79 Å². The van der Waals surface area contributed by atoms with Crippen molar-refractivity contribution in [1.82, 2.24) is 0 Å². The lowest BCUT2D eigenvalue weighted by Gasteiger charge is -2.48. The lowest BCUT2D eigenvalue weighted by atomic mass is 9.97. The summed E-state index contributed by atoms with van der Waals surface area (Å²) in [4.78, 5) is 13.1. The van der Waals surface area contributed by atoms with Crippen LogP contribution in [0.2, 0.25) is 0 Å². The lowest BCUT2D eigenvalue weighted by Crippen LogP contribution is -2.64. The van der Waals surface area contributed by atoms with Gasteiger partial charge in [-0.15, -0.1) is 0 Å². The second kappa shape index (κ2) is 29.2. The first kappa shape index (κ1) is 55.1. The number of ether oxygens (including phenoxy) is 11. The van der Waals surface area contributed by atoms with Crippen molar-refractivity contribution in [2.45, 2.75) is 108 Å². The zero-order chi connectivity index (χ0) is 52.7. The average Bonchev–Trinajstić information content (AvgIpc) is 3.92. The topological polar surface area (TPSA) is 119 Å². The Bertz CT molecular complexity index is 2770. The van der Waals surface area contributed by atoms with E-state index in [-0.39, 0.29) is 59.5 Å². The lowest BCUT2D eigenvalue weighted by molar-refractivity contribution is -0.398. The van der Waals surface area contributed by atoms with E-state index in [0.717, 1.165) is 38.9 Å². The standard InChI is InChI=1S/C65H68O12/c1-2-24-58(66)69-47-57-60(71-42-52-31-16-6-17-32-52)63(74-45-55-37-22-9-23-38-55)65(76-57,48-68-40-50-27-12-4-13-28-50)77-64-62(73-44-54-35-20-8-21-36-54)61(72-43-53-33-18-7-19-34-53)59(70-41-51-29-14-5-15-30-51)56(75-64)46-67-39-49-25-10-3-11-26-49/h2-38,56-57,59-64H,39-48H2,1H3/b24-2+/t56-,57-,59-,60-,61+,62-,63+,64-,65+/m1/s1. The number of allylic oxidation sites excluding steroid dienone is 1. The number of carbonyl (C=O) groups excluding carboxylic acids is 1. The summed E-state index contributed by atoms with van der Waals surface area (Å²) in [7, 11) is 0. The van der Waals surface area contributed by atoms with Gasteiger partial charge in [0, 0.05) is 6.08 Å². The van der Waals surface area contributed by atoms with E-state index in [0.29, 0.717) is 6.61 Å². The van der Waals surface area contributed by atoms with Gasteiger partial charge in [-0.3, -0.25) is 0 Å². The van der Waals surface area contributed by atoms with Gasteiger partial charge in [-0.25, -0.2) is 4.79 Å². The first-order valence-corrected chi connectivity index (χ1v) is 26.3. The first-order chi connectivity index (χ1) is 38.0. The molecule has 9 rings (SSSR count). The summed E-state index contributed by atoms with van der Waals surface area (Å²) in [6.45, 7) is 2.91. The molecule has 2 aliphatic heterocycles. The van der Waals surface area contributed by atoms with Crippen LogP contribution < -0.4 is 0 Å². The highest BCUT2D eigenvalue weighted by Gasteiger charge is 2.62. The van der Waals surface area contributed by atoms with Crippen molar-refractivity contribution >= 4 is 5.97 Å². The van der Waals surface area contributed by atoms with Crippen molar-refractivity contribution in [2.24, 2.45) is 0 Å². The van der Waals surface area contributed by atoms with Crippen molar-refractivity contribution in [3.8, 4) is 0 Å². The number of benzene rings is 7. The smallest absolute Gasteiger partial charge is 0.330 e. The van der Waals surface area contributed by atoms with E-state index in [1.165, 1.54) is 6.08 Å². The Balaban J connectivity index is 1.15. The summed E-state index contributed by atoms with van der Waals surface area (Å²) in [5.74, 6) is -2.36. The SMILES string of the molecule is C/C=C/C(=O)OC[C@H]1O[C@@](COCc2ccccc2)(O[C@H]2O[C@H](COCc3ccccc3)[C@@H](OCc3ccccc3)[C@H](OCc3ccccc3)[C@H]2OCc2ccccc2)[C@@H](OCc2ccccc2)[C@@H]1OCc1ccccc1. The minimum absolute atomic E-state index is 0.0868. The summed E-state index contributed by atoms with van der Waals surface area (Å²) in [6, 6.07) is 69.4. The molecule has 0 aromatic heterocycles. The first-order valence-electron chi connectivity index (χ1n) is 26.3. The van der Waals surface area contributed by atoms with Crippen molar-refractivity contribution in [2.75, 3.05) is 19.8 Å². The maximum atomic E-state index is 13.1. The maximum absolute atomic E-state index is 13.1. The Hall–Kier alpha value is -6.65. The molecule has 400 valence electrons. The van der Waals surface area contributed by atoms with Gasteiger partial charge in [-0.1, -0.05) is 218 Å². The van der Waals surface area contributed by atoms with Crippen LogP contribution in [0.15, 0.2) is 224 Å². The van der Waals surface area contributed by atoms with Crippen LogP contribution in [0.25, 0.3) is 0 Å². The van der Waals surface area contributed by atoms with E-state index in [1.54, 1.807) is 13.0 Å². The molecule has 7 aromatic rings. The largest absolute Gasteiger partial charge is 0.460 e. The Morgan fingerprint density at radius 3 is 1.25 bits per heavy atom. The van der Waals surface area contributed by atoms with Crippen molar-refractivity contribution < 1.29 is 56.9 Å². The monoisotopic (exact) mass is 1040 g/mol. The quantitative estimate of drug-likeness (QED) is 0.0343. The van der Waals surface area contributed by atoms with Gasteiger partial charge >= 0.3 is 5.97 Å². The summed E-state index contributed by atoms with van der Waals surface area (Å²) >= 11 is 0. The Morgan fingerprint density at radius 2 is 0.805 bits per heavy atom. The predicted molar refractivity (Wildman–Crippen MR) is 290 cm³/mol. The summed E-state index contributed by atoms with van der Waals surface area (Å²) in [5, 5.41) is 0. The second-order valence-electron chi connectivity index (χ2n) is 19.0. The van der Waals surface area contributed by atoms with Crippen LogP contribution in [0.5, 0.6) is 0 Å². The Labute approximate surface area is 452 Å². The molecule has 0 N–H and O–H groups in total. The van der Waals surface area contributed by atoms with Crippen LogP contribution in [-0.2, 0) is 103 Å². The molecule has 12 heteroatoms. The van der Waals surface area contributed by atoms with E-state index in [1.807, 2.05) is 212 Å². The zero-order valence-corrected chi connectivity index (χ0v) is 43.5. The van der Waals surface area contributed by atoms with Gasteiger partial charge in [-0.05, 0) is 45.9 Å². The molecule has 0 aliphatic carbocycles. The van der Waals surface area contributed by atoms with Gasteiger partial charge in [0.1, 0.15) is 55.9 Å². The maximum Gasteiger partial charge on any atom is 0.330 e. The molecule has 0 spiro atoms. The van der Waals surface area contributed by atoms with E-state index in [4.69, 9.17) is 52.1 Å². The third-order valence-electron chi connectivity index (χ3n) is 13.3. The molecular formula is C65H68O12. The highest BCUT2D eigenvalue weighted by atomic mass is 16.8. The highest BCUT2D eigenvalue weighted by molar-refractivity contribution is 5.81. The molecule has 2 saturated heterocycles. The van der Waals surface area contributed by atoms with Crippen LogP contribution in [0, 0.1) is 0 Å². The molecule has 2 aliphatic rings. The molecule has 0 saturated carbocycles. The van der Waals surface area contributed by atoms with Crippen LogP contribution in [0.4, 0.5) is 0 Å². The number of hydrogen-bond donors (Lipinski definition) is 0. The molecule has 0 radical (unpaired) electrons. The van der Waals surface area contributed by atoms with Gasteiger partial charge in [0.25, 0.3) is 0 Å². The molecule has 7 aromatic carbocycles. The van der Waals surface area contributed by atoms with Crippen LogP contribution in [0.3, 0.4) is 0 Å². The molecule has 0 bridgehead atoms. The van der Waals surface area contributed by atoms with Crippen LogP contribution in [0.1, 0.15) is 45.9 Å². The van der Waals surface area contributed by atoms with Crippen molar-refractivity contribution in [3.05, 3.63) is 263 Å². The highest BCUT2D eigenvalue weighted by Crippen LogP contribution is 2.42. The number of carbonyl (C=O) groups is 1. The average molecular weight is 1040 g/mol. The van der Waals surface area contributed by atoms with Gasteiger partial charge in [0.2, 0.25) is 5.79 Å². The van der Waals surface area contributed by atoms with E-state index < -0.39 is 60.8 Å². The van der Waals surface area contributed by atoms with Crippen molar-refractivity contribution in [3.63, 3.8) is 0 Å². The summed E-state index contributed by atoms with van der Waals surface area (Å²) in [6.07, 6.45) is -4.48. The van der Waals surface area contributed by atoms with E-state index >= 15 is 0 Å². The molecule has 2 heterocycles. The molecule has 9 atom stereocenters. The van der Waals surface area contributed by atoms with Crippen molar-refractivity contribution in [1.29, 1.82) is 0 Å². The van der Waals surface area contributed by atoms with Gasteiger partial charge in [-0.2, -0.15) is 0 Å². The second-order valence-corrected chi connectivity index (χ2v) is 19.0. The van der Waals surface area contributed by atoms with Gasteiger partial charge in [0.15, 0.2) is 6.29 Å². The third kappa shape index (κ3) is 16.2. The molecule has 12 nitrogen and oxygen atoms in total. The number of esters is 1. The summed E-state index contributed by atoms with van der Waals surface area (Å²) < 4.78 is 76.6. The molecule has 0 amide bonds. The minimum Gasteiger partial charge on any atom is -0.460 e. The van der Waals surface area contributed by atoms with Gasteiger partial charge < -0.3 is 52.1 Å². The Morgan fingerprint density at radius 1 is 0.429 bits per heavy atom. The number of rotatable bonds is 28. The summed E-state index contributed by atoms with van der Waals surface area (Å²) in [5.41, 5.74) is 6.58. The number of hydrogen-bond acceptors (Lipinski definition) is 12. The van der Waals surface area contributed by atoms with Gasteiger partial charge in [0.05, 0.1) is 52.9 Å². The molecule has 77 heavy (non-hydrogen) atoms.